The Hall–Kier alpha value is -1.69. The van der Waals surface area contributed by atoms with Crippen LogP contribution in [0.2, 0.25) is 0 Å². The van der Waals surface area contributed by atoms with E-state index in [1.54, 1.807) is 13.0 Å². The highest BCUT2D eigenvalue weighted by molar-refractivity contribution is 8.12. The Morgan fingerprint density at radius 3 is 2.89 bits per heavy atom. The zero-order chi connectivity index (χ0) is 13.3. The van der Waals surface area contributed by atoms with Crippen molar-refractivity contribution < 1.29 is 9.18 Å². The van der Waals surface area contributed by atoms with Crippen molar-refractivity contribution in [2.75, 3.05) is 0 Å². The molecule has 1 aromatic carbocycles. The minimum Gasteiger partial charge on any atom is -0.309 e. The van der Waals surface area contributed by atoms with Gasteiger partial charge in [0.1, 0.15) is 17.0 Å². The second-order valence-corrected chi connectivity index (χ2v) is 5.03. The van der Waals surface area contributed by atoms with Crippen molar-refractivity contribution in [2.24, 2.45) is 0 Å². The van der Waals surface area contributed by atoms with E-state index in [1.807, 2.05) is 0 Å². The van der Waals surface area contributed by atoms with Crippen molar-refractivity contribution in [3.05, 3.63) is 39.7 Å². The molecule has 0 saturated heterocycles. The number of halogens is 1. The first-order chi connectivity index (χ1) is 8.49. The third-order valence-corrected chi connectivity index (χ3v) is 3.30. The van der Waals surface area contributed by atoms with Crippen LogP contribution in [0.5, 0.6) is 0 Å². The van der Waals surface area contributed by atoms with Gasteiger partial charge >= 0.3 is 0 Å². The third-order valence-electron chi connectivity index (χ3n) is 2.47. The van der Waals surface area contributed by atoms with Gasteiger partial charge in [0.15, 0.2) is 5.12 Å². The molecule has 6 heteroatoms. The van der Waals surface area contributed by atoms with Crippen LogP contribution in [-0.2, 0) is 10.5 Å². The van der Waals surface area contributed by atoms with Crippen LogP contribution < -0.4 is 5.56 Å². The number of aromatic nitrogens is 2. The smallest absolute Gasteiger partial charge is 0.261 e. The molecular weight excluding hydrogens is 255 g/mol. The highest BCUT2D eigenvalue weighted by Gasteiger charge is 2.11. The number of rotatable bonds is 2. The number of H-pyrrole nitrogens is 1. The van der Waals surface area contributed by atoms with Gasteiger partial charge in [-0.3, -0.25) is 9.59 Å². The maximum atomic E-state index is 13.6. The molecule has 2 rings (SSSR count). The first-order valence-electron chi connectivity index (χ1n) is 5.30. The maximum absolute atomic E-state index is 13.6. The number of carbonyl (C=O) groups is 1. The molecule has 0 unspecified atom stereocenters. The molecule has 0 fully saturated rings. The highest BCUT2D eigenvalue weighted by Crippen LogP contribution is 2.17. The Bertz CT molecular complexity index is 682. The van der Waals surface area contributed by atoms with Gasteiger partial charge in [0, 0.05) is 6.92 Å². The standard InChI is InChI=1S/C12H11FN2O2S/c1-6-3-4-8(13)10-11(6)14-9(15-12(10)17)5-18-7(2)16/h3-4H,5H2,1-2H3,(H,14,15,17). The van der Waals surface area contributed by atoms with E-state index in [2.05, 4.69) is 9.97 Å². The molecule has 0 saturated carbocycles. The minimum atomic E-state index is -0.588. The summed E-state index contributed by atoms with van der Waals surface area (Å²) >= 11 is 1.05. The summed E-state index contributed by atoms with van der Waals surface area (Å²) in [6.45, 7) is 3.20. The quantitative estimate of drug-likeness (QED) is 0.904. The van der Waals surface area contributed by atoms with Gasteiger partial charge in [-0.2, -0.15) is 0 Å². The van der Waals surface area contributed by atoms with E-state index in [0.29, 0.717) is 11.3 Å². The van der Waals surface area contributed by atoms with Crippen LogP contribution >= 0.6 is 11.8 Å². The Balaban J connectivity index is 2.58. The summed E-state index contributed by atoms with van der Waals surface area (Å²) in [5.74, 6) is 0.0627. The van der Waals surface area contributed by atoms with Crippen molar-refractivity contribution in [3.63, 3.8) is 0 Å². The molecule has 0 aliphatic carbocycles. The number of hydrogen-bond acceptors (Lipinski definition) is 4. The van der Waals surface area contributed by atoms with E-state index in [0.717, 1.165) is 17.3 Å². The second-order valence-electron chi connectivity index (χ2n) is 3.88. The summed E-state index contributed by atoms with van der Waals surface area (Å²) in [6, 6.07) is 2.82. The molecule has 1 heterocycles. The summed E-state index contributed by atoms with van der Waals surface area (Å²) in [6.07, 6.45) is 0. The summed E-state index contributed by atoms with van der Waals surface area (Å²) in [4.78, 5) is 29.4. The topological polar surface area (TPSA) is 62.8 Å². The van der Waals surface area contributed by atoms with E-state index in [9.17, 15) is 14.0 Å². The number of aromatic amines is 1. The monoisotopic (exact) mass is 266 g/mol. The molecule has 0 aliphatic rings. The Morgan fingerprint density at radius 1 is 1.50 bits per heavy atom. The lowest BCUT2D eigenvalue weighted by molar-refractivity contribution is -0.109. The van der Waals surface area contributed by atoms with Gasteiger partial charge in [0.05, 0.1) is 11.3 Å². The number of thioether (sulfide) groups is 1. The van der Waals surface area contributed by atoms with Gasteiger partial charge < -0.3 is 4.98 Å². The number of hydrogen-bond donors (Lipinski definition) is 1. The molecule has 0 amide bonds. The van der Waals surface area contributed by atoms with Gasteiger partial charge in [-0.25, -0.2) is 9.37 Å². The molecule has 4 nitrogen and oxygen atoms in total. The van der Waals surface area contributed by atoms with Gasteiger partial charge in [-0.1, -0.05) is 17.8 Å². The predicted octanol–water partition coefficient (Wildman–Crippen LogP) is 2.15. The zero-order valence-electron chi connectivity index (χ0n) is 9.91. The van der Waals surface area contributed by atoms with E-state index >= 15 is 0 Å². The zero-order valence-corrected chi connectivity index (χ0v) is 10.7. The number of nitrogens with zero attached hydrogens (tertiary/aromatic N) is 1. The van der Waals surface area contributed by atoms with Crippen LogP contribution in [0.25, 0.3) is 10.9 Å². The molecule has 1 aromatic heterocycles. The van der Waals surface area contributed by atoms with Crippen LogP contribution in [0.4, 0.5) is 4.39 Å². The number of aryl methyl sites for hydroxylation is 1. The fourth-order valence-corrected chi connectivity index (χ4v) is 2.10. The van der Waals surface area contributed by atoms with Crippen LogP contribution in [-0.4, -0.2) is 15.1 Å². The van der Waals surface area contributed by atoms with Crippen LogP contribution in [0, 0.1) is 12.7 Å². The number of nitrogens with one attached hydrogen (secondary N) is 1. The average Bonchev–Trinajstić information content (AvgIpc) is 2.31. The van der Waals surface area contributed by atoms with Crippen LogP contribution in [0.1, 0.15) is 18.3 Å². The van der Waals surface area contributed by atoms with Crippen molar-refractivity contribution in [1.29, 1.82) is 0 Å². The molecule has 0 spiro atoms. The normalized spacial score (nSPS) is 10.8. The van der Waals surface area contributed by atoms with Gasteiger partial charge in [-0.15, -0.1) is 0 Å². The van der Waals surface area contributed by atoms with E-state index in [4.69, 9.17) is 0 Å². The number of fused-ring (bicyclic) bond motifs is 1. The van der Waals surface area contributed by atoms with Gasteiger partial charge in [0.2, 0.25) is 0 Å². The van der Waals surface area contributed by atoms with E-state index in [1.165, 1.54) is 13.0 Å². The predicted molar refractivity (Wildman–Crippen MR) is 69.0 cm³/mol. The molecule has 0 bridgehead atoms. The molecule has 0 atom stereocenters. The van der Waals surface area contributed by atoms with Crippen LogP contribution in [0.15, 0.2) is 16.9 Å². The largest absolute Gasteiger partial charge is 0.309 e. The fraction of sp³-hybridized carbons (Fsp3) is 0.250. The minimum absolute atomic E-state index is 0.0356. The van der Waals surface area contributed by atoms with Gasteiger partial charge in [-0.05, 0) is 18.6 Å². The summed E-state index contributed by atoms with van der Waals surface area (Å²) in [5.41, 5.74) is 0.560. The average molecular weight is 266 g/mol. The first kappa shape index (κ1) is 12.8. The highest BCUT2D eigenvalue weighted by atomic mass is 32.2. The van der Waals surface area contributed by atoms with Crippen molar-refractivity contribution in [3.8, 4) is 0 Å². The molecule has 94 valence electrons. The Morgan fingerprint density at radius 2 is 2.22 bits per heavy atom. The maximum Gasteiger partial charge on any atom is 0.261 e. The lowest BCUT2D eigenvalue weighted by Gasteiger charge is -2.04. The lowest BCUT2D eigenvalue weighted by atomic mass is 10.1. The molecular formula is C12H11FN2O2S. The third kappa shape index (κ3) is 2.43. The molecule has 0 aliphatic heterocycles. The van der Waals surface area contributed by atoms with E-state index < -0.39 is 11.4 Å². The summed E-state index contributed by atoms with van der Waals surface area (Å²) in [7, 11) is 0. The summed E-state index contributed by atoms with van der Waals surface area (Å²) < 4.78 is 13.6. The molecule has 18 heavy (non-hydrogen) atoms. The van der Waals surface area contributed by atoms with Gasteiger partial charge in [0.25, 0.3) is 5.56 Å². The van der Waals surface area contributed by atoms with Crippen molar-refractivity contribution in [2.45, 2.75) is 19.6 Å². The lowest BCUT2D eigenvalue weighted by Crippen LogP contribution is -2.13. The van der Waals surface area contributed by atoms with E-state index in [-0.39, 0.29) is 16.3 Å². The number of benzene rings is 1. The Kier molecular flexibility index (Phi) is 3.47. The Labute approximate surface area is 107 Å². The first-order valence-corrected chi connectivity index (χ1v) is 6.29. The SMILES string of the molecule is CC(=O)SCc1nc2c(C)ccc(F)c2c(=O)[nH]1. The second kappa shape index (κ2) is 4.89. The molecule has 2 aromatic rings. The fourth-order valence-electron chi connectivity index (χ4n) is 1.63. The van der Waals surface area contributed by atoms with Crippen LogP contribution in [0.3, 0.4) is 0 Å². The van der Waals surface area contributed by atoms with Crippen molar-refractivity contribution >= 4 is 27.8 Å². The molecule has 0 radical (unpaired) electrons. The summed E-state index contributed by atoms with van der Waals surface area (Å²) in [5, 5.41) is -0.0970. The molecule has 1 N–H and O–H groups in total. The van der Waals surface area contributed by atoms with Crippen molar-refractivity contribution in [1.82, 2.24) is 9.97 Å². The number of carbonyl (C=O) groups excluding carboxylic acids is 1.